The fraction of sp³-hybridized carbons (Fsp3) is 0.538. The van der Waals surface area contributed by atoms with E-state index in [1.165, 1.54) is 12.1 Å². The van der Waals surface area contributed by atoms with Crippen molar-refractivity contribution < 1.29 is 14.6 Å². The third-order valence-electron chi connectivity index (χ3n) is 3.29. The van der Waals surface area contributed by atoms with E-state index >= 15 is 0 Å². The topological polar surface area (TPSA) is 43.7 Å². The van der Waals surface area contributed by atoms with Gasteiger partial charge < -0.3 is 15.1 Å². The van der Waals surface area contributed by atoms with Crippen molar-refractivity contribution in [1.82, 2.24) is 4.90 Å². The van der Waals surface area contributed by atoms with Gasteiger partial charge in [-0.2, -0.15) is 0 Å². The summed E-state index contributed by atoms with van der Waals surface area (Å²) >= 11 is 0. The van der Waals surface area contributed by atoms with Crippen LogP contribution in [0.15, 0.2) is 24.3 Å². The molecule has 0 bridgehead atoms. The van der Waals surface area contributed by atoms with E-state index in [2.05, 4.69) is 4.90 Å². The maximum absolute atomic E-state index is 13.0. The Morgan fingerprint density at radius 3 is 2.94 bits per heavy atom. The van der Waals surface area contributed by atoms with E-state index < -0.39 is 6.10 Å². The molecular weight excluding hydrogens is 221 g/mol. The van der Waals surface area contributed by atoms with Gasteiger partial charge in [0.05, 0.1) is 6.10 Å². The Bertz CT molecular complexity index is 372. The molecule has 0 aliphatic carbocycles. The number of aliphatic hydroxyl groups is 2. The average Bonchev–Trinajstić information content (AvgIpc) is 2.77. The van der Waals surface area contributed by atoms with Crippen molar-refractivity contribution in [1.29, 1.82) is 0 Å². The van der Waals surface area contributed by atoms with Crippen molar-refractivity contribution in [3.05, 3.63) is 35.6 Å². The van der Waals surface area contributed by atoms with Crippen LogP contribution in [0.1, 0.15) is 18.1 Å². The third-order valence-corrected chi connectivity index (χ3v) is 3.29. The highest BCUT2D eigenvalue weighted by molar-refractivity contribution is 5.19. The van der Waals surface area contributed by atoms with Crippen LogP contribution in [0, 0.1) is 11.7 Å². The quantitative estimate of drug-likeness (QED) is 0.829. The molecule has 0 saturated carbocycles. The molecule has 1 fully saturated rings. The molecule has 2 atom stereocenters. The molecule has 1 aromatic rings. The van der Waals surface area contributed by atoms with Crippen LogP contribution in [-0.4, -0.2) is 41.4 Å². The number of likely N-dealkylation sites (tertiary alicyclic amines) is 1. The van der Waals surface area contributed by atoms with Gasteiger partial charge in [-0.05, 0) is 36.6 Å². The Hall–Kier alpha value is -0.970. The van der Waals surface area contributed by atoms with Crippen LogP contribution in [0.5, 0.6) is 0 Å². The normalized spacial score (nSPS) is 22.9. The summed E-state index contributed by atoms with van der Waals surface area (Å²) in [6.45, 7) is 2.40. The number of halogens is 1. The lowest BCUT2D eigenvalue weighted by Gasteiger charge is -2.20. The Kier molecular flexibility index (Phi) is 4.10. The Morgan fingerprint density at radius 1 is 1.47 bits per heavy atom. The first-order chi connectivity index (χ1) is 8.19. The van der Waals surface area contributed by atoms with Crippen molar-refractivity contribution in [3.63, 3.8) is 0 Å². The van der Waals surface area contributed by atoms with Crippen LogP contribution in [0.4, 0.5) is 4.39 Å². The van der Waals surface area contributed by atoms with Crippen LogP contribution in [0.25, 0.3) is 0 Å². The molecule has 0 amide bonds. The molecule has 2 rings (SSSR count). The average molecular weight is 239 g/mol. The Labute approximate surface area is 100 Å². The molecule has 1 aromatic carbocycles. The highest BCUT2D eigenvalue weighted by Gasteiger charge is 2.23. The van der Waals surface area contributed by atoms with Crippen LogP contribution in [0.2, 0.25) is 0 Å². The lowest BCUT2D eigenvalue weighted by Crippen LogP contribution is -2.27. The van der Waals surface area contributed by atoms with Gasteiger partial charge in [-0.25, -0.2) is 4.39 Å². The zero-order chi connectivity index (χ0) is 12.3. The molecule has 4 heteroatoms. The highest BCUT2D eigenvalue weighted by Crippen LogP contribution is 2.20. The van der Waals surface area contributed by atoms with Gasteiger partial charge in [-0.3, -0.25) is 0 Å². The lowest BCUT2D eigenvalue weighted by molar-refractivity contribution is 0.120. The van der Waals surface area contributed by atoms with Gasteiger partial charge in [0.1, 0.15) is 5.82 Å². The minimum atomic E-state index is -0.664. The largest absolute Gasteiger partial charge is 0.396 e. The number of β-amino-alcohol motifs (C(OH)–C–C–N with tert-alkyl or cyclic N) is 1. The predicted octanol–water partition coefficient (Wildman–Crippen LogP) is 1.17. The van der Waals surface area contributed by atoms with Crippen molar-refractivity contribution in [2.45, 2.75) is 12.5 Å². The molecule has 2 N–H and O–H groups in total. The fourth-order valence-corrected chi connectivity index (χ4v) is 2.29. The Balaban J connectivity index is 1.91. The zero-order valence-electron chi connectivity index (χ0n) is 9.72. The van der Waals surface area contributed by atoms with Crippen LogP contribution >= 0.6 is 0 Å². The maximum Gasteiger partial charge on any atom is 0.123 e. The first-order valence-corrected chi connectivity index (χ1v) is 5.96. The van der Waals surface area contributed by atoms with E-state index in [1.54, 1.807) is 12.1 Å². The summed E-state index contributed by atoms with van der Waals surface area (Å²) in [5.74, 6) is -0.00841. The molecule has 0 aromatic heterocycles. The van der Waals surface area contributed by atoms with E-state index in [-0.39, 0.29) is 12.4 Å². The molecule has 1 saturated heterocycles. The molecule has 1 aliphatic heterocycles. The Morgan fingerprint density at radius 2 is 2.29 bits per heavy atom. The number of aliphatic hydroxyl groups excluding tert-OH is 2. The number of rotatable bonds is 4. The first kappa shape index (κ1) is 12.5. The zero-order valence-corrected chi connectivity index (χ0v) is 9.72. The van der Waals surface area contributed by atoms with E-state index in [0.29, 0.717) is 18.0 Å². The molecule has 3 nitrogen and oxygen atoms in total. The minimum Gasteiger partial charge on any atom is -0.396 e. The van der Waals surface area contributed by atoms with Crippen LogP contribution < -0.4 is 0 Å². The summed E-state index contributed by atoms with van der Waals surface area (Å²) < 4.78 is 13.0. The predicted molar refractivity (Wildman–Crippen MR) is 63.0 cm³/mol. The standard InChI is InChI=1S/C13H18FNO2/c14-12-3-1-2-11(6-12)13(17)8-15-5-4-10(7-15)9-16/h1-3,6,10,13,16-17H,4-5,7-9H2. The van der Waals surface area contributed by atoms with E-state index in [1.807, 2.05) is 0 Å². The molecule has 94 valence electrons. The van der Waals surface area contributed by atoms with Gasteiger partial charge in [0.2, 0.25) is 0 Å². The van der Waals surface area contributed by atoms with E-state index in [0.717, 1.165) is 19.5 Å². The minimum absolute atomic E-state index is 0.201. The summed E-state index contributed by atoms with van der Waals surface area (Å²) in [5, 5.41) is 19.0. The summed E-state index contributed by atoms with van der Waals surface area (Å²) in [6.07, 6.45) is 0.301. The lowest BCUT2D eigenvalue weighted by atomic mass is 10.1. The molecule has 2 unspecified atom stereocenters. The summed E-state index contributed by atoms with van der Waals surface area (Å²) in [4.78, 5) is 2.11. The van der Waals surface area contributed by atoms with Gasteiger partial charge in [-0.1, -0.05) is 12.1 Å². The van der Waals surface area contributed by atoms with Crippen molar-refractivity contribution in [2.24, 2.45) is 5.92 Å². The molecular formula is C13H18FNO2. The molecule has 1 heterocycles. The first-order valence-electron chi connectivity index (χ1n) is 5.96. The molecule has 0 spiro atoms. The van der Waals surface area contributed by atoms with E-state index in [9.17, 15) is 9.50 Å². The van der Waals surface area contributed by atoms with Crippen LogP contribution in [0.3, 0.4) is 0 Å². The van der Waals surface area contributed by atoms with Gasteiger partial charge >= 0.3 is 0 Å². The third kappa shape index (κ3) is 3.25. The molecule has 17 heavy (non-hydrogen) atoms. The summed E-state index contributed by atoms with van der Waals surface area (Å²) in [7, 11) is 0. The van der Waals surface area contributed by atoms with Crippen molar-refractivity contribution in [2.75, 3.05) is 26.2 Å². The van der Waals surface area contributed by atoms with Crippen molar-refractivity contribution in [3.8, 4) is 0 Å². The van der Waals surface area contributed by atoms with Gasteiger partial charge in [0.15, 0.2) is 0 Å². The second kappa shape index (κ2) is 5.58. The van der Waals surface area contributed by atoms with E-state index in [4.69, 9.17) is 5.11 Å². The maximum atomic E-state index is 13.0. The molecule has 1 aliphatic rings. The number of hydrogen-bond donors (Lipinski definition) is 2. The number of nitrogens with zero attached hydrogens (tertiary/aromatic N) is 1. The number of benzene rings is 1. The number of hydrogen-bond acceptors (Lipinski definition) is 3. The monoisotopic (exact) mass is 239 g/mol. The summed E-state index contributed by atoms with van der Waals surface area (Å²) in [6, 6.07) is 6.07. The van der Waals surface area contributed by atoms with Crippen molar-refractivity contribution >= 4 is 0 Å². The second-order valence-corrected chi connectivity index (χ2v) is 4.67. The molecule has 0 radical (unpaired) electrons. The van der Waals surface area contributed by atoms with Gasteiger partial charge in [0, 0.05) is 19.7 Å². The smallest absolute Gasteiger partial charge is 0.123 e. The highest BCUT2D eigenvalue weighted by atomic mass is 19.1. The second-order valence-electron chi connectivity index (χ2n) is 4.67. The van der Waals surface area contributed by atoms with Crippen LogP contribution in [-0.2, 0) is 0 Å². The SMILES string of the molecule is OCC1CCN(CC(O)c2cccc(F)c2)C1. The van der Waals surface area contributed by atoms with Gasteiger partial charge in [-0.15, -0.1) is 0 Å². The summed E-state index contributed by atoms with van der Waals surface area (Å²) in [5.41, 5.74) is 0.609. The van der Waals surface area contributed by atoms with Gasteiger partial charge in [0.25, 0.3) is 0 Å². The fourth-order valence-electron chi connectivity index (χ4n) is 2.29.